The molecule has 1 unspecified atom stereocenters. The minimum atomic E-state index is -0.277. The van der Waals surface area contributed by atoms with Gasteiger partial charge in [0, 0.05) is 22.1 Å². The molecule has 2 aromatic rings. The van der Waals surface area contributed by atoms with Crippen LogP contribution in [0.5, 0.6) is 5.75 Å². The number of nitrogens with one attached hydrogen (secondary N) is 1. The van der Waals surface area contributed by atoms with Crippen molar-refractivity contribution in [3.05, 3.63) is 54.1 Å². The van der Waals surface area contributed by atoms with Crippen LogP contribution in [0.1, 0.15) is 23.7 Å². The van der Waals surface area contributed by atoms with E-state index in [0.717, 1.165) is 11.2 Å². The summed E-state index contributed by atoms with van der Waals surface area (Å²) in [6.45, 7) is 1.84. The predicted molar refractivity (Wildman–Crippen MR) is 97.9 cm³/mol. The van der Waals surface area contributed by atoms with Crippen LogP contribution in [0, 0.1) is 11.3 Å². The Balaban J connectivity index is 1.93. The van der Waals surface area contributed by atoms with Crippen molar-refractivity contribution in [3.63, 3.8) is 0 Å². The molecule has 1 atom stereocenters. The van der Waals surface area contributed by atoms with Crippen LogP contribution >= 0.6 is 11.8 Å². The van der Waals surface area contributed by atoms with Gasteiger partial charge in [-0.1, -0.05) is 19.1 Å². The van der Waals surface area contributed by atoms with Gasteiger partial charge >= 0.3 is 0 Å². The van der Waals surface area contributed by atoms with Crippen molar-refractivity contribution < 1.29 is 14.3 Å². The van der Waals surface area contributed by atoms with Crippen molar-refractivity contribution in [1.82, 2.24) is 0 Å². The number of anilines is 1. The van der Waals surface area contributed by atoms with Crippen LogP contribution in [0.4, 0.5) is 5.69 Å². The standard InChI is InChI=1S/C19H18N2O3S/c1-14(10-11-20)25-18-5-3-2-4-17(18)21-19(23)13-24-16-8-6-15(12-22)7-9-16/h2-9,12,14H,10,13H2,1H3,(H,21,23). The summed E-state index contributed by atoms with van der Waals surface area (Å²) in [6.07, 6.45) is 1.19. The predicted octanol–water partition coefficient (Wildman–Crippen LogP) is 3.91. The average molecular weight is 354 g/mol. The second-order valence-corrected chi connectivity index (χ2v) is 6.79. The topological polar surface area (TPSA) is 79.2 Å². The molecule has 0 fully saturated rings. The Morgan fingerprint density at radius 2 is 2.00 bits per heavy atom. The first kappa shape index (κ1) is 18.6. The summed E-state index contributed by atoms with van der Waals surface area (Å²) in [4.78, 5) is 23.6. The summed E-state index contributed by atoms with van der Waals surface area (Å²) in [5.41, 5.74) is 1.25. The summed E-state index contributed by atoms with van der Waals surface area (Å²) in [7, 11) is 0. The highest BCUT2D eigenvalue weighted by Gasteiger charge is 2.11. The molecule has 1 amide bonds. The van der Waals surface area contributed by atoms with Gasteiger partial charge in [-0.25, -0.2) is 0 Å². The zero-order valence-electron chi connectivity index (χ0n) is 13.8. The van der Waals surface area contributed by atoms with Crippen LogP contribution in [0.3, 0.4) is 0 Å². The van der Waals surface area contributed by atoms with E-state index in [9.17, 15) is 9.59 Å². The van der Waals surface area contributed by atoms with Crippen LogP contribution in [-0.2, 0) is 4.79 Å². The number of carbonyl (C=O) groups is 2. The fraction of sp³-hybridized carbons (Fsp3) is 0.211. The molecule has 0 bridgehead atoms. The molecule has 1 N–H and O–H groups in total. The van der Waals surface area contributed by atoms with Crippen LogP contribution in [0.2, 0.25) is 0 Å². The van der Waals surface area contributed by atoms with Crippen LogP contribution < -0.4 is 10.1 Å². The minimum Gasteiger partial charge on any atom is -0.484 e. The van der Waals surface area contributed by atoms with Gasteiger partial charge in [0.2, 0.25) is 0 Å². The highest BCUT2D eigenvalue weighted by Crippen LogP contribution is 2.31. The number of thioether (sulfide) groups is 1. The van der Waals surface area contributed by atoms with Crippen LogP contribution in [-0.4, -0.2) is 24.1 Å². The van der Waals surface area contributed by atoms with E-state index >= 15 is 0 Å². The zero-order chi connectivity index (χ0) is 18.1. The Bertz CT molecular complexity index is 769. The van der Waals surface area contributed by atoms with E-state index in [4.69, 9.17) is 10.00 Å². The minimum absolute atomic E-state index is 0.132. The maximum atomic E-state index is 12.1. The lowest BCUT2D eigenvalue weighted by Crippen LogP contribution is -2.20. The smallest absolute Gasteiger partial charge is 0.262 e. The van der Waals surface area contributed by atoms with Gasteiger partial charge in [0.05, 0.1) is 11.8 Å². The summed E-state index contributed by atoms with van der Waals surface area (Å²) < 4.78 is 5.42. The van der Waals surface area contributed by atoms with E-state index in [0.29, 0.717) is 23.4 Å². The number of hydrogen-bond donors (Lipinski definition) is 1. The molecule has 0 aliphatic heterocycles. The van der Waals surface area contributed by atoms with Gasteiger partial charge in [-0.15, -0.1) is 11.8 Å². The van der Waals surface area contributed by atoms with E-state index in [1.54, 1.807) is 36.0 Å². The first-order chi connectivity index (χ1) is 12.1. The number of amides is 1. The van der Waals surface area contributed by atoms with E-state index in [2.05, 4.69) is 11.4 Å². The fourth-order valence-electron chi connectivity index (χ4n) is 2.04. The molecule has 6 heteroatoms. The highest BCUT2D eigenvalue weighted by atomic mass is 32.2. The maximum Gasteiger partial charge on any atom is 0.262 e. The third-order valence-electron chi connectivity index (χ3n) is 3.25. The molecule has 25 heavy (non-hydrogen) atoms. The summed E-state index contributed by atoms with van der Waals surface area (Å²) in [5.74, 6) is 0.242. The van der Waals surface area contributed by atoms with Crippen molar-refractivity contribution in [1.29, 1.82) is 5.26 Å². The molecule has 0 aliphatic rings. The van der Waals surface area contributed by atoms with Crippen molar-refractivity contribution in [2.45, 2.75) is 23.5 Å². The van der Waals surface area contributed by atoms with Crippen molar-refractivity contribution in [2.75, 3.05) is 11.9 Å². The first-order valence-electron chi connectivity index (χ1n) is 7.73. The molecule has 0 aromatic heterocycles. The molecule has 0 aliphatic carbocycles. The number of hydrogen-bond acceptors (Lipinski definition) is 5. The molecule has 5 nitrogen and oxygen atoms in total. The summed E-state index contributed by atoms with van der Waals surface area (Å²) >= 11 is 1.54. The monoisotopic (exact) mass is 354 g/mol. The molecule has 2 rings (SSSR count). The zero-order valence-corrected chi connectivity index (χ0v) is 14.6. The Morgan fingerprint density at radius 1 is 1.28 bits per heavy atom. The maximum absolute atomic E-state index is 12.1. The number of aldehydes is 1. The van der Waals surface area contributed by atoms with Gasteiger partial charge in [0.1, 0.15) is 12.0 Å². The van der Waals surface area contributed by atoms with Crippen molar-refractivity contribution in [3.8, 4) is 11.8 Å². The van der Waals surface area contributed by atoms with Gasteiger partial charge in [0.15, 0.2) is 6.61 Å². The number of nitrogens with zero attached hydrogens (tertiary/aromatic N) is 1. The number of ether oxygens (including phenoxy) is 1. The molecule has 0 saturated heterocycles. The quantitative estimate of drug-likeness (QED) is 0.574. The summed E-state index contributed by atoms with van der Waals surface area (Å²) in [6, 6.07) is 16.1. The number of para-hydroxylation sites is 1. The number of benzene rings is 2. The SMILES string of the molecule is CC(CC#N)Sc1ccccc1NC(=O)COc1ccc(C=O)cc1. The third-order valence-corrected chi connectivity index (χ3v) is 4.43. The van der Waals surface area contributed by atoms with Gasteiger partial charge in [-0.3, -0.25) is 9.59 Å². The van der Waals surface area contributed by atoms with E-state index < -0.39 is 0 Å². The third kappa shape index (κ3) is 5.98. The first-order valence-corrected chi connectivity index (χ1v) is 8.61. The van der Waals surface area contributed by atoms with E-state index in [1.165, 1.54) is 0 Å². The second-order valence-electron chi connectivity index (χ2n) is 5.31. The second kappa shape index (κ2) is 9.50. The van der Waals surface area contributed by atoms with Gasteiger partial charge < -0.3 is 10.1 Å². The largest absolute Gasteiger partial charge is 0.484 e. The molecule has 0 heterocycles. The van der Waals surface area contributed by atoms with Gasteiger partial charge in [-0.2, -0.15) is 5.26 Å². The van der Waals surface area contributed by atoms with Crippen LogP contribution in [0.15, 0.2) is 53.4 Å². The molecule has 128 valence electrons. The Hall–Kier alpha value is -2.78. The van der Waals surface area contributed by atoms with Crippen molar-refractivity contribution in [2.24, 2.45) is 0 Å². The Kier molecular flexibility index (Phi) is 7.05. The summed E-state index contributed by atoms with van der Waals surface area (Å²) in [5, 5.41) is 11.7. The number of carbonyl (C=O) groups excluding carboxylic acids is 2. The lowest BCUT2D eigenvalue weighted by molar-refractivity contribution is -0.118. The average Bonchev–Trinajstić information content (AvgIpc) is 2.62. The number of rotatable bonds is 8. The Labute approximate surface area is 151 Å². The van der Waals surface area contributed by atoms with Gasteiger partial charge in [-0.05, 0) is 36.4 Å². The molecule has 0 radical (unpaired) electrons. The highest BCUT2D eigenvalue weighted by molar-refractivity contribution is 8.00. The molecule has 2 aromatic carbocycles. The molecular formula is C19H18N2O3S. The lowest BCUT2D eigenvalue weighted by Gasteiger charge is -2.13. The molecular weight excluding hydrogens is 336 g/mol. The van der Waals surface area contributed by atoms with Crippen LogP contribution in [0.25, 0.3) is 0 Å². The lowest BCUT2D eigenvalue weighted by atomic mass is 10.2. The van der Waals surface area contributed by atoms with Crippen molar-refractivity contribution >= 4 is 29.6 Å². The molecule has 0 saturated carbocycles. The van der Waals surface area contributed by atoms with Gasteiger partial charge in [0.25, 0.3) is 5.91 Å². The number of nitriles is 1. The van der Waals surface area contributed by atoms with E-state index in [1.807, 2.05) is 31.2 Å². The normalized spacial score (nSPS) is 11.2. The fourth-order valence-corrected chi connectivity index (χ4v) is 3.03. The van der Waals surface area contributed by atoms with E-state index in [-0.39, 0.29) is 17.8 Å². The Morgan fingerprint density at radius 3 is 2.68 bits per heavy atom. The molecule has 0 spiro atoms.